The Kier molecular flexibility index (Phi) is 13.1. The van der Waals surface area contributed by atoms with Crippen molar-refractivity contribution in [2.24, 2.45) is 13.0 Å². The predicted octanol–water partition coefficient (Wildman–Crippen LogP) is 8.11. The van der Waals surface area contributed by atoms with E-state index >= 15 is 0 Å². The van der Waals surface area contributed by atoms with Crippen LogP contribution in [0.3, 0.4) is 0 Å². The molecule has 0 spiro atoms. The van der Waals surface area contributed by atoms with Crippen LogP contribution in [0.1, 0.15) is 52.7 Å². The quantitative estimate of drug-likeness (QED) is 0.133. The van der Waals surface area contributed by atoms with E-state index < -0.39 is 38.1 Å². The first kappa shape index (κ1) is 34.1. The molecule has 0 fully saturated rings. The van der Waals surface area contributed by atoms with E-state index in [0.29, 0.717) is 33.6 Å². The van der Waals surface area contributed by atoms with Crippen LogP contribution >= 0.6 is 0 Å². The standard InChI is InChI=1S/C27H27F2N2O4.C2H6.C2H5.CH3.Sb/c1-6-34-27(33)19(15(2)3)13-20-16(4)26(32)31(5)14-22(20)21-12-18(30)8-10-24(21)35-25-9-7-17(28)11-23(25)29;2*1-2;;/h7-15,30H,6H2,1-5H3;1-2H3;1H2,2H3;1H3;/q-1;;;;+1/b19-13+;;;;. The minimum absolute atomic E-state index is 0.134. The summed E-state index contributed by atoms with van der Waals surface area (Å²) >= 11 is -1.69. The van der Waals surface area contributed by atoms with E-state index in [9.17, 15) is 18.4 Å². The van der Waals surface area contributed by atoms with Crippen LogP contribution in [0, 0.1) is 24.5 Å². The number of rotatable bonds is 10. The Balaban J connectivity index is 0.00000287. The van der Waals surface area contributed by atoms with Crippen molar-refractivity contribution in [3.63, 3.8) is 0 Å². The number of ether oxygens (including phenoxy) is 2. The Morgan fingerprint density at radius 3 is 2.32 bits per heavy atom. The number of anilines is 1. The molecule has 0 radical (unpaired) electrons. The van der Waals surface area contributed by atoms with Crippen molar-refractivity contribution in [1.29, 1.82) is 0 Å². The van der Waals surface area contributed by atoms with Crippen molar-refractivity contribution in [1.82, 2.24) is 4.57 Å². The summed E-state index contributed by atoms with van der Waals surface area (Å²) in [6, 6.07) is 8.62. The van der Waals surface area contributed by atoms with Crippen LogP contribution in [0.4, 0.5) is 14.5 Å². The van der Waals surface area contributed by atoms with Gasteiger partial charge in [0.1, 0.15) is 0 Å². The molecule has 1 aromatic heterocycles. The molecular weight excluding hydrogens is 636 g/mol. The molecule has 3 aromatic rings. The van der Waals surface area contributed by atoms with E-state index in [0.717, 1.165) is 22.2 Å². The first-order chi connectivity index (χ1) is 19.5. The van der Waals surface area contributed by atoms with Crippen LogP contribution in [0.5, 0.6) is 11.5 Å². The third-order valence-electron chi connectivity index (χ3n) is 6.27. The van der Waals surface area contributed by atoms with Crippen LogP contribution < -0.4 is 13.8 Å². The van der Waals surface area contributed by atoms with Gasteiger partial charge in [0.25, 0.3) is 0 Å². The zero-order valence-corrected chi connectivity index (χ0v) is 27.9. The number of benzene rings is 2. The first-order valence-corrected chi connectivity index (χ1v) is 19.4. The Morgan fingerprint density at radius 2 is 1.73 bits per heavy atom. The van der Waals surface area contributed by atoms with Gasteiger partial charge in [-0.05, 0) is 0 Å². The summed E-state index contributed by atoms with van der Waals surface area (Å²) < 4.78 is 45.5. The van der Waals surface area contributed by atoms with Crippen molar-refractivity contribution in [3.05, 3.63) is 81.3 Å². The average Bonchev–Trinajstić information content (AvgIpc) is 2.94. The number of nitrogens with one attached hydrogen (secondary N) is 1. The van der Waals surface area contributed by atoms with Crippen molar-refractivity contribution in [2.75, 3.05) is 10.1 Å². The fraction of sp³-hybridized carbons (Fsp3) is 0.375. The Hall–Kier alpha value is -3.12. The van der Waals surface area contributed by atoms with E-state index in [-0.39, 0.29) is 23.8 Å². The summed E-state index contributed by atoms with van der Waals surface area (Å²) in [7, 11) is 1.65. The molecule has 0 aliphatic heterocycles. The van der Waals surface area contributed by atoms with Crippen LogP contribution in [0.15, 0.2) is 53.0 Å². The molecule has 3 rings (SSSR count). The summed E-state index contributed by atoms with van der Waals surface area (Å²) in [6.45, 7) is 13.6. The summed E-state index contributed by atoms with van der Waals surface area (Å²) in [5.41, 5.74) is 3.27. The zero-order valence-electron chi connectivity index (χ0n) is 25.4. The third-order valence-corrected chi connectivity index (χ3v) is 10.8. The molecule has 9 heteroatoms. The fourth-order valence-electron chi connectivity index (χ4n) is 4.01. The molecule has 41 heavy (non-hydrogen) atoms. The van der Waals surface area contributed by atoms with Gasteiger partial charge in [-0.2, -0.15) is 0 Å². The third kappa shape index (κ3) is 8.68. The Morgan fingerprint density at radius 1 is 1.07 bits per heavy atom. The van der Waals surface area contributed by atoms with Crippen molar-refractivity contribution in [2.45, 2.75) is 57.7 Å². The van der Waals surface area contributed by atoms with Crippen molar-refractivity contribution >= 4 is 38.2 Å². The number of esters is 1. The van der Waals surface area contributed by atoms with E-state index in [1.54, 1.807) is 39.2 Å². The monoisotopic (exact) mass is 676 g/mol. The number of nitrogens with zero attached hydrogens (tertiary/aromatic N) is 1. The maximum atomic E-state index is 14.6. The predicted molar refractivity (Wildman–Crippen MR) is 165 cm³/mol. The van der Waals surface area contributed by atoms with Crippen LogP contribution in [0.25, 0.3) is 17.2 Å². The van der Waals surface area contributed by atoms with Gasteiger partial charge in [0.2, 0.25) is 0 Å². The van der Waals surface area contributed by atoms with Gasteiger partial charge in [0.05, 0.1) is 0 Å². The second-order valence-corrected chi connectivity index (χ2v) is 15.9. The van der Waals surface area contributed by atoms with Gasteiger partial charge in [-0.3, -0.25) is 0 Å². The molecule has 222 valence electrons. The number of pyridine rings is 1. The van der Waals surface area contributed by atoms with Gasteiger partial charge in [0.15, 0.2) is 0 Å². The molecule has 0 bridgehead atoms. The number of aromatic nitrogens is 1. The molecule has 1 N–H and O–H groups in total. The van der Waals surface area contributed by atoms with Gasteiger partial charge in [0, 0.05) is 0 Å². The zero-order chi connectivity index (χ0) is 30.9. The van der Waals surface area contributed by atoms with Gasteiger partial charge in [-0.15, -0.1) is 0 Å². The molecule has 2 aromatic carbocycles. The summed E-state index contributed by atoms with van der Waals surface area (Å²) in [5.74, 6) is -1.98. The summed E-state index contributed by atoms with van der Waals surface area (Å²) in [5, 5.41) is 0. The molecule has 0 aliphatic carbocycles. The number of halogens is 2. The molecule has 1 heterocycles. The van der Waals surface area contributed by atoms with Crippen molar-refractivity contribution < 1.29 is 23.0 Å². The Labute approximate surface area is 249 Å². The average molecular weight is 677 g/mol. The number of hydrogen-bond donors (Lipinski definition) is 1. The van der Waals surface area contributed by atoms with Gasteiger partial charge in [-0.1, -0.05) is 13.8 Å². The number of carbonyl (C=O) groups is 1. The van der Waals surface area contributed by atoms with Crippen molar-refractivity contribution in [3.8, 4) is 22.6 Å². The molecule has 6 nitrogen and oxygen atoms in total. The van der Waals surface area contributed by atoms with E-state index in [4.69, 9.17) is 9.47 Å². The summed E-state index contributed by atoms with van der Waals surface area (Å²) in [6.07, 6.45) is 3.38. The van der Waals surface area contributed by atoms with Gasteiger partial charge < -0.3 is 0 Å². The topological polar surface area (TPSA) is 69.6 Å². The van der Waals surface area contributed by atoms with Gasteiger partial charge >= 0.3 is 237 Å². The maximum absolute atomic E-state index is 14.6. The van der Waals surface area contributed by atoms with E-state index in [2.05, 4.69) is 15.3 Å². The Bertz CT molecular complexity index is 1450. The van der Waals surface area contributed by atoms with Crippen LogP contribution in [-0.4, -0.2) is 37.6 Å². The molecule has 0 unspecified atom stereocenters. The van der Waals surface area contributed by atoms with Crippen LogP contribution in [0.2, 0.25) is 9.24 Å². The second-order valence-electron chi connectivity index (χ2n) is 9.49. The number of carbonyl (C=O) groups excluding carboxylic acids is 1. The van der Waals surface area contributed by atoms with Crippen LogP contribution in [-0.2, 0) is 16.6 Å². The molecule has 0 atom stereocenters. The van der Waals surface area contributed by atoms with E-state index in [1.807, 2.05) is 39.8 Å². The first-order valence-electron chi connectivity index (χ1n) is 13.8. The molecule has 0 aliphatic rings. The molecular formula is C32H41F2N2O4Sb. The SMILES string of the molecule is CC.CCOC(=O)/C(=C/c1c(-c2cc([NH][Sb]([CH3])[CH2]C)ccc2Oc2ccc(F)cc2F)cn(C)c(=O)c1C)C(C)C. The van der Waals surface area contributed by atoms with Gasteiger partial charge in [-0.25, -0.2) is 0 Å². The normalized spacial score (nSPS) is 11.3. The fourth-order valence-corrected chi connectivity index (χ4v) is 6.12. The summed E-state index contributed by atoms with van der Waals surface area (Å²) in [4.78, 5) is 28.1. The second kappa shape index (κ2) is 15.8. The molecule has 0 saturated heterocycles. The molecule has 0 amide bonds. The van der Waals surface area contributed by atoms with E-state index in [1.165, 1.54) is 10.6 Å². The minimum atomic E-state index is -1.69. The molecule has 0 saturated carbocycles. The number of hydrogen-bond acceptors (Lipinski definition) is 5. The number of aryl methyl sites for hydroxylation is 1.